The smallest absolute Gasteiger partial charge is 0.239 e. The van der Waals surface area contributed by atoms with Crippen molar-refractivity contribution in [3.63, 3.8) is 0 Å². The number of nitrogens with zero attached hydrogens (tertiary/aromatic N) is 1. The highest BCUT2D eigenvalue weighted by atomic mass is 19.1. The number of ether oxygens (including phenoxy) is 1. The van der Waals surface area contributed by atoms with Crippen LogP contribution in [0.4, 0.5) is 8.78 Å². The van der Waals surface area contributed by atoms with Crippen molar-refractivity contribution in [2.75, 3.05) is 19.8 Å². The second-order valence-electron chi connectivity index (χ2n) is 7.64. The Morgan fingerprint density at radius 1 is 1.41 bits per heavy atom. The minimum Gasteiger partial charge on any atom is -0.391 e. The first-order chi connectivity index (χ1) is 14.0. The van der Waals surface area contributed by atoms with Crippen molar-refractivity contribution in [1.29, 1.82) is 0 Å². The number of hydrogen-bond donors (Lipinski definition) is 6. The molecule has 7 atom stereocenters. The van der Waals surface area contributed by atoms with Gasteiger partial charge < -0.3 is 20.5 Å². The number of hydrogen-bond acceptors (Lipinski definition) is 8. The van der Waals surface area contributed by atoms with Gasteiger partial charge in [0.25, 0.3) is 0 Å². The van der Waals surface area contributed by atoms with Crippen LogP contribution >= 0.6 is 0 Å². The first-order valence-electron chi connectivity index (χ1n) is 9.81. The van der Waals surface area contributed by atoms with Gasteiger partial charge in [-0.1, -0.05) is 0 Å². The lowest BCUT2D eigenvalue weighted by Crippen LogP contribution is -2.60. The summed E-state index contributed by atoms with van der Waals surface area (Å²) in [6, 6.07) is -0.949. The fourth-order valence-electron chi connectivity index (χ4n) is 4.04. The van der Waals surface area contributed by atoms with Crippen molar-refractivity contribution in [1.82, 2.24) is 26.8 Å². The van der Waals surface area contributed by atoms with Gasteiger partial charge in [-0.2, -0.15) is 0 Å². The van der Waals surface area contributed by atoms with Gasteiger partial charge in [0, 0.05) is 19.6 Å². The Balaban J connectivity index is 1.40. The summed E-state index contributed by atoms with van der Waals surface area (Å²) in [7, 11) is 0. The van der Waals surface area contributed by atoms with Gasteiger partial charge in [-0.05, 0) is 24.1 Å². The van der Waals surface area contributed by atoms with Crippen molar-refractivity contribution in [3.05, 3.63) is 23.6 Å². The van der Waals surface area contributed by atoms with Gasteiger partial charge >= 0.3 is 0 Å². The minimum atomic E-state index is -1.31. The van der Waals surface area contributed by atoms with Gasteiger partial charge in [0.15, 0.2) is 0 Å². The van der Waals surface area contributed by atoms with Crippen molar-refractivity contribution in [2.24, 2.45) is 10.9 Å². The van der Waals surface area contributed by atoms with E-state index in [0.717, 1.165) is 6.08 Å². The van der Waals surface area contributed by atoms with Gasteiger partial charge in [-0.25, -0.2) is 19.6 Å². The average molecular weight is 412 g/mol. The molecule has 0 saturated carbocycles. The number of hydrazine groups is 1. The number of halogens is 2. The molecule has 0 aromatic rings. The van der Waals surface area contributed by atoms with E-state index in [1.165, 1.54) is 6.08 Å². The average Bonchev–Trinajstić information content (AvgIpc) is 3.15. The molecule has 2 saturated heterocycles. The van der Waals surface area contributed by atoms with E-state index in [1.807, 2.05) is 0 Å². The fourth-order valence-corrected chi connectivity index (χ4v) is 4.04. The van der Waals surface area contributed by atoms with Crippen LogP contribution in [0.15, 0.2) is 28.5 Å². The van der Waals surface area contributed by atoms with Crippen LogP contribution in [-0.4, -0.2) is 73.8 Å². The minimum absolute atomic E-state index is 0.0299. The van der Waals surface area contributed by atoms with E-state index in [9.17, 15) is 18.7 Å². The zero-order valence-corrected chi connectivity index (χ0v) is 15.8. The molecule has 29 heavy (non-hydrogen) atoms. The van der Waals surface area contributed by atoms with Gasteiger partial charge in [0.1, 0.15) is 24.2 Å². The molecule has 1 aliphatic carbocycles. The molecule has 0 spiro atoms. The number of amides is 1. The molecule has 3 aliphatic heterocycles. The van der Waals surface area contributed by atoms with Crippen LogP contribution in [0.25, 0.3) is 0 Å². The van der Waals surface area contributed by atoms with Crippen LogP contribution in [0.5, 0.6) is 0 Å². The number of rotatable bonds is 5. The molecule has 1 amide bonds. The van der Waals surface area contributed by atoms with Crippen LogP contribution in [0.2, 0.25) is 0 Å². The largest absolute Gasteiger partial charge is 0.391 e. The Bertz CT molecular complexity index is 718. The summed E-state index contributed by atoms with van der Waals surface area (Å²) < 4.78 is 32.7. The summed E-state index contributed by atoms with van der Waals surface area (Å²) in [5.74, 6) is -1.15. The second kappa shape index (κ2) is 8.84. The van der Waals surface area contributed by atoms with Crippen LogP contribution in [0, 0.1) is 5.92 Å². The first kappa shape index (κ1) is 20.4. The quantitative estimate of drug-likeness (QED) is 0.334. The standard InChI is InChI=1S/C18H26F2N6O3/c19-10-1-2-11(20)9(5-10)6-21-18(28)15-14-16(22-8-23-17(14)26-25-15)24-12-7-29-4-3-13(12)27/h1,5,8,11-17,24-27H,2-4,6-7H2,(H,21,28)(H,22,23)/t11?,12-,13-,14?,15?,16?,17?/m1/s1. The molecule has 4 rings (SSSR count). The molecule has 9 nitrogen and oxygen atoms in total. The number of allylic oxidation sites excluding steroid dienone is 3. The highest BCUT2D eigenvalue weighted by Crippen LogP contribution is 2.24. The Morgan fingerprint density at radius 2 is 2.28 bits per heavy atom. The predicted molar refractivity (Wildman–Crippen MR) is 101 cm³/mol. The Hall–Kier alpha value is -1.92. The van der Waals surface area contributed by atoms with Crippen LogP contribution in [0.3, 0.4) is 0 Å². The molecule has 160 valence electrons. The van der Waals surface area contributed by atoms with Gasteiger partial charge in [0.2, 0.25) is 5.91 Å². The molecule has 0 bridgehead atoms. The van der Waals surface area contributed by atoms with E-state index in [4.69, 9.17) is 4.74 Å². The van der Waals surface area contributed by atoms with E-state index in [1.54, 1.807) is 6.34 Å². The van der Waals surface area contributed by atoms with Gasteiger partial charge in [-0.15, -0.1) is 0 Å². The highest BCUT2D eigenvalue weighted by molar-refractivity contribution is 5.83. The summed E-state index contributed by atoms with van der Waals surface area (Å²) in [6.45, 7) is 0.803. The number of aliphatic hydroxyl groups excluding tert-OH is 1. The van der Waals surface area contributed by atoms with Crippen LogP contribution in [0.1, 0.15) is 12.8 Å². The molecule has 2 fully saturated rings. The number of carbonyl (C=O) groups is 1. The number of carbonyl (C=O) groups excluding carboxylic acids is 1. The number of aliphatic hydroxyl groups is 1. The zero-order chi connectivity index (χ0) is 20.4. The summed E-state index contributed by atoms with van der Waals surface area (Å²) in [6.07, 6.45) is 1.82. The van der Waals surface area contributed by atoms with Crippen LogP contribution in [-0.2, 0) is 9.53 Å². The molecule has 6 N–H and O–H groups in total. The topological polar surface area (TPSA) is 119 Å². The van der Waals surface area contributed by atoms with E-state index in [2.05, 4.69) is 31.8 Å². The normalized spacial score (nSPS) is 39.2. The molecule has 0 aromatic heterocycles. The molecule has 0 aromatic carbocycles. The van der Waals surface area contributed by atoms with E-state index in [-0.39, 0.29) is 42.6 Å². The van der Waals surface area contributed by atoms with Gasteiger partial charge in [-0.3, -0.25) is 15.1 Å². The summed E-state index contributed by atoms with van der Waals surface area (Å²) >= 11 is 0. The maximum absolute atomic E-state index is 13.9. The third-order valence-electron chi connectivity index (χ3n) is 5.72. The summed E-state index contributed by atoms with van der Waals surface area (Å²) in [4.78, 5) is 17.2. The Morgan fingerprint density at radius 3 is 3.10 bits per heavy atom. The van der Waals surface area contributed by atoms with Crippen LogP contribution < -0.4 is 26.8 Å². The molecule has 0 radical (unpaired) electrons. The van der Waals surface area contributed by atoms with Crippen molar-refractivity contribution >= 4 is 12.2 Å². The molecule has 3 heterocycles. The molecule has 11 heteroatoms. The van der Waals surface area contributed by atoms with E-state index < -0.39 is 30.3 Å². The van der Waals surface area contributed by atoms with Crippen molar-refractivity contribution in [2.45, 2.75) is 49.5 Å². The zero-order valence-electron chi connectivity index (χ0n) is 15.8. The second-order valence-corrected chi connectivity index (χ2v) is 7.64. The fraction of sp³-hybridized carbons (Fsp3) is 0.667. The lowest BCUT2D eigenvalue weighted by molar-refractivity contribution is -0.124. The number of aliphatic imine (C=N–C) groups is 1. The van der Waals surface area contributed by atoms with E-state index in [0.29, 0.717) is 19.6 Å². The summed E-state index contributed by atoms with van der Waals surface area (Å²) in [5, 5.41) is 19.2. The van der Waals surface area contributed by atoms with Gasteiger partial charge in [0.05, 0.1) is 37.2 Å². The number of fused-ring (bicyclic) bond motifs is 1. The molecule has 5 unspecified atom stereocenters. The maximum atomic E-state index is 13.9. The lowest BCUT2D eigenvalue weighted by Gasteiger charge is -2.37. The number of nitrogens with one attached hydrogen (secondary N) is 5. The lowest BCUT2D eigenvalue weighted by atomic mass is 9.92. The third-order valence-corrected chi connectivity index (χ3v) is 5.72. The van der Waals surface area contributed by atoms with E-state index >= 15 is 0 Å². The SMILES string of the molecule is O=C(NCC1=CC(F)=CCC1F)C1NNC2NC=NC(N[C@@H]3COCC[C@H]3O)C21. The monoisotopic (exact) mass is 412 g/mol. The van der Waals surface area contributed by atoms with Crippen molar-refractivity contribution < 1.29 is 23.4 Å². The highest BCUT2D eigenvalue weighted by Gasteiger charge is 2.47. The third kappa shape index (κ3) is 4.48. The predicted octanol–water partition coefficient (Wildman–Crippen LogP) is -1.26. The van der Waals surface area contributed by atoms with Crippen molar-refractivity contribution in [3.8, 4) is 0 Å². The molecular formula is C18H26F2N6O3. The Labute approximate surface area is 167 Å². The molecular weight excluding hydrogens is 386 g/mol. The summed E-state index contributed by atoms with van der Waals surface area (Å²) in [5.41, 5.74) is 6.17. The maximum Gasteiger partial charge on any atom is 0.239 e. The Kier molecular flexibility index (Phi) is 6.20. The molecule has 4 aliphatic rings. The first-order valence-corrected chi connectivity index (χ1v) is 9.81. The number of alkyl halides is 1.